The van der Waals surface area contributed by atoms with Crippen LogP contribution in [0.5, 0.6) is 5.75 Å². The number of methoxy groups -OCH3 is 1. The molecule has 98 valence electrons. The second-order valence-corrected chi connectivity index (χ2v) is 4.13. The zero-order chi connectivity index (χ0) is 13.5. The molecular weight excluding hydrogens is 250 g/mol. The Morgan fingerprint density at radius 3 is 2.72 bits per heavy atom. The lowest BCUT2D eigenvalue weighted by atomic mass is 10.1. The SMILES string of the molecule is COc1ccc(C(N)=S)c(NCCNC(C)=O)c1. The van der Waals surface area contributed by atoms with Gasteiger partial charge in [-0.3, -0.25) is 4.79 Å². The van der Waals surface area contributed by atoms with Crippen LogP contribution in [0.25, 0.3) is 0 Å². The first-order chi connectivity index (χ1) is 8.54. The van der Waals surface area contributed by atoms with E-state index in [1.165, 1.54) is 6.92 Å². The van der Waals surface area contributed by atoms with Crippen molar-refractivity contribution in [2.24, 2.45) is 5.73 Å². The van der Waals surface area contributed by atoms with E-state index in [0.717, 1.165) is 17.0 Å². The molecule has 0 atom stereocenters. The first kappa shape index (κ1) is 14.2. The van der Waals surface area contributed by atoms with Crippen molar-refractivity contribution in [2.75, 3.05) is 25.5 Å². The zero-order valence-corrected chi connectivity index (χ0v) is 11.3. The summed E-state index contributed by atoms with van der Waals surface area (Å²) in [5.74, 6) is 0.661. The fourth-order valence-corrected chi connectivity index (χ4v) is 1.63. The number of carbonyl (C=O) groups is 1. The maximum Gasteiger partial charge on any atom is 0.216 e. The number of hydrogen-bond acceptors (Lipinski definition) is 4. The van der Waals surface area contributed by atoms with Gasteiger partial charge in [0.25, 0.3) is 0 Å². The molecule has 1 aromatic rings. The Bertz CT molecular complexity index is 449. The lowest BCUT2D eigenvalue weighted by Gasteiger charge is -2.13. The van der Waals surface area contributed by atoms with Gasteiger partial charge in [-0.2, -0.15) is 0 Å². The topological polar surface area (TPSA) is 76.4 Å². The highest BCUT2D eigenvalue weighted by Crippen LogP contribution is 2.22. The van der Waals surface area contributed by atoms with E-state index in [1.54, 1.807) is 13.2 Å². The van der Waals surface area contributed by atoms with E-state index in [2.05, 4.69) is 10.6 Å². The Labute approximate surface area is 112 Å². The molecule has 0 radical (unpaired) electrons. The summed E-state index contributed by atoms with van der Waals surface area (Å²) in [6.07, 6.45) is 0. The second-order valence-electron chi connectivity index (χ2n) is 3.69. The number of benzene rings is 1. The van der Waals surface area contributed by atoms with Crippen LogP contribution in [0, 0.1) is 0 Å². The van der Waals surface area contributed by atoms with Crippen molar-refractivity contribution in [3.8, 4) is 5.75 Å². The molecule has 0 saturated heterocycles. The van der Waals surface area contributed by atoms with Crippen molar-refractivity contribution in [1.82, 2.24) is 5.32 Å². The number of ether oxygens (including phenoxy) is 1. The van der Waals surface area contributed by atoms with E-state index in [9.17, 15) is 4.79 Å². The monoisotopic (exact) mass is 267 g/mol. The molecule has 0 saturated carbocycles. The smallest absolute Gasteiger partial charge is 0.216 e. The number of rotatable bonds is 6. The van der Waals surface area contributed by atoms with Gasteiger partial charge in [0.1, 0.15) is 10.7 Å². The first-order valence-corrected chi connectivity index (χ1v) is 5.91. The summed E-state index contributed by atoms with van der Waals surface area (Å²) < 4.78 is 5.14. The average molecular weight is 267 g/mol. The summed E-state index contributed by atoms with van der Waals surface area (Å²) in [7, 11) is 1.59. The van der Waals surface area contributed by atoms with Crippen LogP contribution in [0.2, 0.25) is 0 Å². The summed E-state index contributed by atoms with van der Waals surface area (Å²) in [4.78, 5) is 11.1. The Balaban J connectivity index is 2.71. The molecule has 1 aromatic carbocycles. The number of thiocarbonyl (C=S) groups is 1. The number of anilines is 1. The predicted molar refractivity (Wildman–Crippen MR) is 76.1 cm³/mol. The summed E-state index contributed by atoms with van der Waals surface area (Å²) >= 11 is 4.98. The van der Waals surface area contributed by atoms with Gasteiger partial charge in [0.05, 0.1) is 7.11 Å². The molecule has 5 nitrogen and oxygen atoms in total. The Kier molecular flexibility index (Phi) is 5.38. The molecule has 18 heavy (non-hydrogen) atoms. The highest BCUT2D eigenvalue weighted by molar-refractivity contribution is 7.80. The van der Waals surface area contributed by atoms with Gasteiger partial charge in [-0.25, -0.2) is 0 Å². The number of carbonyl (C=O) groups excluding carboxylic acids is 1. The van der Waals surface area contributed by atoms with Crippen LogP contribution in [0.1, 0.15) is 12.5 Å². The first-order valence-electron chi connectivity index (χ1n) is 5.50. The van der Waals surface area contributed by atoms with Crippen molar-refractivity contribution in [2.45, 2.75) is 6.92 Å². The van der Waals surface area contributed by atoms with Gasteiger partial charge in [-0.1, -0.05) is 12.2 Å². The predicted octanol–water partition coefficient (Wildman–Crippen LogP) is 0.877. The number of nitrogens with two attached hydrogens (primary N) is 1. The number of hydrogen-bond donors (Lipinski definition) is 3. The lowest BCUT2D eigenvalue weighted by molar-refractivity contribution is -0.118. The van der Waals surface area contributed by atoms with Gasteiger partial charge in [-0.05, 0) is 12.1 Å². The van der Waals surface area contributed by atoms with Crippen molar-refractivity contribution in [3.05, 3.63) is 23.8 Å². The van der Waals surface area contributed by atoms with Crippen LogP contribution >= 0.6 is 12.2 Å². The minimum Gasteiger partial charge on any atom is -0.497 e. The quantitative estimate of drug-likeness (QED) is 0.527. The molecule has 0 heterocycles. The van der Waals surface area contributed by atoms with Crippen LogP contribution in [0.15, 0.2) is 18.2 Å². The van der Waals surface area contributed by atoms with Crippen LogP contribution in [0.3, 0.4) is 0 Å². The molecule has 0 aliphatic carbocycles. The van der Waals surface area contributed by atoms with Crippen molar-refractivity contribution in [3.63, 3.8) is 0 Å². The maximum absolute atomic E-state index is 10.7. The average Bonchev–Trinajstić information content (AvgIpc) is 2.33. The van der Waals surface area contributed by atoms with E-state index in [4.69, 9.17) is 22.7 Å². The molecule has 0 bridgehead atoms. The molecule has 1 rings (SSSR count). The molecular formula is C12H17N3O2S. The molecule has 0 aromatic heterocycles. The zero-order valence-electron chi connectivity index (χ0n) is 10.4. The highest BCUT2D eigenvalue weighted by Gasteiger charge is 2.06. The summed E-state index contributed by atoms with van der Waals surface area (Å²) in [5.41, 5.74) is 7.20. The van der Waals surface area contributed by atoms with Crippen molar-refractivity contribution in [1.29, 1.82) is 0 Å². The van der Waals surface area contributed by atoms with Crippen LogP contribution in [-0.2, 0) is 4.79 Å². The third-order valence-electron chi connectivity index (χ3n) is 2.31. The van der Waals surface area contributed by atoms with E-state index in [0.29, 0.717) is 18.1 Å². The Morgan fingerprint density at radius 2 is 2.17 bits per heavy atom. The molecule has 0 aliphatic rings. The van der Waals surface area contributed by atoms with E-state index in [-0.39, 0.29) is 5.91 Å². The third kappa shape index (κ3) is 4.21. The lowest BCUT2D eigenvalue weighted by Crippen LogP contribution is -2.26. The fourth-order valence-electron chi connectivity index (χ4n) is 1.45. The van der Waals surface area contributed by atoms with E-state index >= 15 is 0 Å². The van der Waals surface area contributed by atoms with Gasteiger partial charge in [-0.15, -0.1) is 0 Å². The summed E-state index contributed by atoms with van der Waals surface area (Å²) in [6.45, 7) is 2.59. The van der Waals surface area contributed by atoms with Gasteiger partial charge < -0.3 is 21.1 Å². The second kappa shape index (κ2) is 6.80. The Morgan fingerprint density at radius 1 is 1.44 bits per heavy atom. The Hall–Kier alpha value is -1.82. The fraction of sp³-hybridized carbons (Fsp3) is 0.333. The van der Waals surface area contributed by atoms with Crippen LogP contribution in [0.4, 0.5) is 5.69 Å². The molecule has 0 unspecified atom stereocenters. The molecule has 0 aliphatic heterocycles. The van der Waals surface area contributed by atoms with Gasteiger partial charge in [0.15, 0.2) is 0 Å². The van der Waals surface area contributed by atoms with E-state index < -0.39 is 0 Å². The highest BCUT2D eigenvalue weighted by atomic mass is 32.1. The van der Waals surface area contributed by atoms with Crippen molar-refractivity contribution < 1.29 is 9.53 Å². The van der Waals surface area contributed by atoms with Gasteiger partial charge in [0.2, 0.25) is 5.91 Å². The number of nitrogens with one attached hydrogen (secondary N) is 2. The minimum absolute atomic E-state index is 0.0583. The third-order valence-corrected chi connectivity index (χ3v) is 2.53. The maximum atomic E-state index is 10.7. The molecule has 0 spiro atoms. The van der Waals surface area contributed by atoms with E-state index in [1.807, 2.05) is 12.1 Å². The largest absolute Gasteiger partial charge is 0.497 e. The normalized spacial score (nSPS) is 9.67. The van der Waals surface area contributed by atoms with Crippen molar-refractivity contribution >= 4 is 28.8 Å². The molecule has 0 fully saturated rings. The van der Waals surface area contributed by atoms with Crippen LogP contribution in [-0.4, -0.2) is 31.1 Å². The number of amides is 1. The molecule has 6 heteroatoms. The summed E-state index contributed by atoms with van der Waals surface area (Å²) in [6, 6.07) is 5.43. The molecule has 4 N–H and O–H groups in total. The summed E-state index contributed by atoms with van der Waals surface area (Å²) in [5, 5.41) is 5.86. The standard InChI is InChI=1S/C12H17N3O2S/c1-8(16)14-5-6-15-11-7-9(17-2)3-4-10(11)12(13)18/h3-4,7,15H,5-6H2,1-2H3,(H2,13,18)(H,14,16). The minimum atomic E-state index is -0.0583. The van der Waals surface area contributed by atoms with Gasteiger partial charge >= 0.3 is 0 Å². The molecule has 1 amide bonds. The van der Waals surface area contributed by atoms with Gasteiger partial charge in [0, 0.05) is 37.3 Å². The van der Waals surface area contributed by atoms with Crippen LogP contribution < -0.4 is 21.1 Å².